The first-order chi connectivity index (χ1) is 7.51. The molecule has 1 heterocycles. The van der Waals surface area contributed by atoms with Crippen molar-refractivity contribution < 1.29 is 23.4 Å². The van der Waals surface area contributed by atoms with Crippen molar-refractivity contribution >= 4 is 5.97 Å². The van der Waals surface area contributed by atoms with Gasteiger partial charge in [0.1, 0.15) is 11.3 Å². The molecule has 0 atom stereocenters. The number of alkyl halides is 2. The van der Waals surface area contributed by atoms with Gasteiger partial charge in [-0.1, -0.05) is 0 Å². The predicted octanol–water partition coefficient (Wildman–Crippen LogP) is 1.18. The fourth-order valence-electron chi connectivity index (χ4n) is 1.21. The summed E-state index contributed by atoms with van der Waals surface area (Å²) in [5, 5.41) is 8.80. The van der Waals surface area contributed by atoms with Crippen LogP contribution in [-0.4, -0.2) is 23.2 Å². The van der Waals surface area contributed by atoms with E-state index in [9.17, 15) is 13.6 Å². The van der Waals surface area contributed by atoms with Crippen molar-refractivity contribution in [3.05, 3.63) is 22.9 Å². The van der Waals surface area contributed by atoms with Crippen molar-refractivity contribution in [1.29, 1.82) is 0 Å². The zero-order chi connectivity index (χ0) is 12.3. The second-order valence-corrected chi connectivity index (χ2v) is 2.90. The minimum Gasteiger partial charge on any atom is -0.480 e. The van der Waals surface area contributed by atoms with Gasteiger partial charge in [-0.05, 0) is 11.6 Å². The third-order valence-corrected chi connectivity index (χ3v) is 1.95. The zero-order valence-electron chi connectivity index (χ0n) is 8.41. The number of aromatic nitrogens is 1. The van der Waals surface area contributed by atoms with Crippen LogP contribution in [0.15, 0.2) is 6.07 Å². The first-order valence-electron chi connectivity index (χ1n) is 4.30. The standard InChI is InChI=1S/C9H10F2N2O3/c1-16-8-5(9(14)15)2-4(3-12)6(13-8)7(10)11/h2,7H,3,12H2,1H3,(H,14,15). The van der Waals surface area contributed by atoms with E-state index in [2.05, 4.69) is 9.72 Å². The number of carboxylic acids is 1. The maximum absolute atomic E-state index is 12.5. The van der Waals surface area contributed by atoms with Gasteiger partial charge in [0.05, 0.1) is 7.11 Å². The van der Waals surface area contributed by atoms with E-state index in [4.69, 9.17) is 10.8 Å². The number of nitrogens with two attached hydrogens (primary N) is 1. The maximum atomic E-state index is 12.5. The summed E-state index contributed by atoms with van der Waals surface area (Å²) < 4.78 is 29.7. The van der Waals surface area contributed by atoms with Gasteiger partial charge in [0.15, 0.2) is 0 Å². The van der Waals surface area contributed by atoms with Crippen molar-refractivity contribution in [1.82, 2.24) is 4.98 Å². The minimum absolute atomic E-state index is 0.00630. The van der Waals surface area contributed by atoms with Crippen LogP contribution in [0.4, 0.5) is 8.78 Å². The Morgan fingerprint density at radius 2 is 2.31 bits per heavy atom. The summed E-state index contributed by atoms with van der Waals surface area (Å²) in [6.45, 7) is -0.211. The lowest BCUT2D eigenvalue weighted by Gasteiger charge is -2.10. The largest absolute Gasteiger partial charge is 0.480 e. The predicted molar refractivity (Wildman–Crippen MR) is 50.6 cm³/mol. The normalized spacial score (nSPS) is 10.6. The molecule has 1 rings (SSSR count). The Bertz CT molecular complexity index is 410. The van der Waals surface area contributed by atoms with Crippen LogP contribution in [0.1, 0.15) is 28.0 Å². The van der Waals surface area contributed by atoms with Gasteiger partial charge >= 0.3 is 5.97 Å². The maximum Gasteiger partial charge on any atom is 0.341 e. The third-order valence-electron chi connectivity index (χ3n) is 1.95. The van der Waals surface area contributed by atoms with Crippen molar-refractivity contribution in [2.24, 2.45) is 5.73 Å². The summed E-state index contributed by atoms with van der Waals surface area (Å²) in [5.41, 5.74) is 4.40. The van der Waals surface area contributed by atoms with Gasteiger partial charge in [0.2, 0.25) is 5.88 Å². The van der Waals surface area contributed by atoms with Crippen LogP contribution in [0.2, 0.25) is 0 Å². The molecule has 16 heavy (non-hydrogen) atoms. The lowest BCUT2D eigenvalue weighted by atomic mass is 10.1. The molecule has 0 saturated carbocycles. The van der Waals surface area contributed by atoms with Gasteiger partial charge in [-0.2, -0.15) is 0 Å². The molecule has 0 aliphatic heterocycles. The van der Waals surface area contributed by atoms with Crippen LogP contribution in [-0.2, 0) is 6.54 Å². The number of methoxy groups -OCH3 is 1. The molecule has 0 unspecified atom stereocenters. The molecule has 3 N–H and O–H groups in total. The Labute approximate surface area is 89.9 Å². The number of aromatic carboxylic acids is 1. The highest BCUT2D eigenvalue weighted by Crippen LogP contribution is 2.26. The van der Waals surface area contributed by atoms with Gasteiger partial charge in [-0.25, -0.2) is 18.6 Å². The molecule has 1 aromatic heterocycles. The number of halogens is 2. The highest BCUT2D eigenvalue weighted by atomic mass is 19.3. The number of rotatable bonds is 4. The summed E-state index contributed by atoms with van der Waals surface area (Å²) in [7, 11) is 1.16. The molecule has 88 valence electrons. The number of pyridine rings is 1. The molecule has 1 aromatic rings. The number of carbonyl (C=O) groups is 1. The number of ether oxygens (including phenoxy) is 1. The molecule has 0 fully saturated rings. The van der Waals surface area contributed by atoms with Crippen molar-refractivity contribution in [2.75, 3.05) is 7.11 Å². The van der Waals surface area contributed by atoms with Crippen molar-refractivity contribution in [3.63, 3.8) is 0 Å². The number of nitrogens with zero attached hydrogens (tertiary/aromatic N) is 1. The van der Waals surface area contributed by atoms with Crippen molar-refractivity contribution in [3.8, 4) is 5.88 Å². The van der Waals surface area contributed by atoms with E-state index >= 15 is 0 Å². The molecule has 0 saturated heterocycles. The third kappa shape index (κ3) is 2.25. The summed E-state index contributed by atoms with van der Waals surface area (Å²) in [6.07, 6.45) is -2.82. The van der Waals surface area contributed by atoms with E-state index < -0.39 is 18.1 Å². The molecule has 0 aliphatic carbocycles. The number of hydrogen-bond donors (Lipinski definition) is 2. The van der Waals surface area contributed by atoms with Crippen LogP contribution in [0, 0.1) is 0 Å². The number of hydrogen-bond acceptors (Lipinski definition) is 4. The summed E-state index contributed by atoms with van der Waals surface area (Å²) >= 11 is 0. The second-order valence-electron chi connectivity index (χ2n) is 2.90. The SMILES string of the molecule is COc1nc(C(F)F)c(CN)cc1C(=O)O. The molecular weight excluding hydrogens is 222 g/mol. The van der Waals surface area contributed by atoms with Crippen LogP contribution >= 0.6 is 0 Å². The van der Waals surface area contributed by atoms with Crippen LogP contribution < -0.4 is 10.5 Å². The van der Waals surface area contributed by atoms with E-state index in [0.717, 1.165) is 13.2 Å². The summed E-state index contributed by atoms with van der Waals surface area (Å²) in [5.74, 6) is -1.65. The fraction of sp³-hybridized carbons (Fsp3) is 0.333. The lowest BCUT2D eigenvalue weighted by Crippen LogP contribution is -2.10. The van der Waals surface area contributed by atoms with E-state index in [1.165, 1.54) is 0 Å². The quantitative estimate of drug-likeness (QED) is 0.814. The Balaban J connectivity index is 3.40. The van der Waals surface area contributed by atoms with Gasteiger partial charge in [0.25, 0.3) is 6.43 Å². The Morgan fingerprint density at radius 3 is 2.69 bits per heavy atom. The number of carboxylic acid groups (broad SMARTS) is 1. The first-order valence-corrected chi connectivity index (χ1v) is 4.30. The summed E-state index contributed by atoms with van der Waals surface area (Å²) in [6, 6.07) is 1.05. The minimum atomic E-state index is -2.82. The van der Waals surface area contributed by atoms with E-state index in [1.54, 1.807) is 0 Å². The first kappa shape index (κ1) is 12.3. The Morgan fingerprint density at radius 1 is 1.69 bits per heavy atom. The lowest BCUT2D eigenvalue weighted by molar-refractivity contribution is 0.0691. The molecule has 0 aromatic carbocycles. The van der Waals surface area contributed by atoms with Crippen molar-refractivity contribution in [2.45, 2.75) is 13.0 Å². The molecular formula is C9H10F2N2O3. The highest BCUT2D eigenvalue weighted by Gasteiger charge is 2.21. The summed E-state index contributed by atoms with van der Waals surface area (Å²) in [4.78, 5) is 14.2. The topological polar surface area (TPSA) is 85.4 Å². The van der Waals surface area contributed by atoms with Gasteiger partial charge < -0.3 is 15.6 Å². The average Bonchev–Trinajstić information content (AvgIpc) is 2.26. The smallest absolute Gasteiger partial charge is 0.341 e. The molecule has 0 radical (unpaired) electrons. The molecule has 0 aliphatic rings. The van der Waals surface area contributed by atoms with E-state index in [-0.39, 0.29) is 23.6 Å². The monoisotopic (exact) mass is 232 g/mol. The highest BCUT2D eigenvalue weighted by molar-refractivity contribution is 5.90. The van der Waals surface area contributed by atoms with Crippen LogP contribution in [0.3, 0.4) is 0 Å². The van der Waals surface area contributed by atoms with Crippen LogP contribution in [0.5, 0.6) is 5.88 Å². The Hall–Kier alpha value is -1.76. The van der Waals surface area contributed by atoms with Gasteiger partial charge in [0, 0.05) is 6.54 Å². The fourth-order valence-corrected chi connectivity index (χ4v) is 1.21. The molecule has 0 spiro atoms. The molecule has 7 heteroatoms. The van der Waals surface area contributed by atoms with Gasteiger partial charge in [-0.3, -0.25) is 0 Å². The Kier molecular flexibility index (Phi) is 3.73. The second kappa shape index (κ2) is 4.84. The van der Waals surface area contributed by atoms with Gasteiger partial charge in [-0.15, -0.1) is 0 Å². The molecule has 0 bridgehead atoms. The van der Waals surface area contributed by atoms with E-state index in [1.807, 2.05) is 0 Å². The zero-order valence-corrected chi connectivity index (χ0v) is 8.41. The van der Waals surface area contributed by atoms with Crippen LogP contribution in [0.25, 0.3) is 0 Å². The molecule has 5 nitrogen and oxygen atoms in total. The molecule has 0 amide bonds. The average molecular weight is 232 g/mol. The van der Waals surface area contributed by atoms with E-state index in [0.29, 0.717) is 0 Å².